The van der Waals surface area contributed by atoms with Gasteiger partial charge in [0.05, 0.1) is 5.39 Å². The van der Waals surface area contributed by atoms with Crippen molar-refractivity contribution in [3.8, 4) is 0 Å². The Kier molecular flexibility index (Phi) is 1.51. The summed E-state index contributed by atoms with van der Waals surface area (Å²) >= 11 is 0. The average Bonchev–Trinajstić information content (AvgIpc) is 2.06. The molecule has 13 heavy (non-hydrogen) atoms. The van der Waals surface area contributed by atoms with Gasteiger partial charge in [0.15, 0.2) is 5.65 Å². The predicted octanol–water partition coefficient (Wildman–Crippen LogP) is 0.209. The largest absolute Gasteiger partial charge is 0.369 e. The molecule has 2 rings (SSSR count). The van der Waals surface area contributed by atoms with E-state index < -0.39 is 0 Å². The van der Waals surface area contributed by atoms with Gasteiger partial charge in [-0.3, -0.25) is 9.78 Å². The van der Waals surface area contributed by atoms with Crippen LogP contribution < -0.4 is 11.3 Å². The Morgan fingerprint density at radius 1 is 1.54 bits per heavy atom. The van der Waals surface area contributed by atoms with Gasteiger partial charge in [-0.05, 0) is 18.6 Å². The van der Waals surface area contributed by atoms with E-state index >= 15 is 0 Å². The molecule has 0 unspecified atom stereocenters. The Morgan fingerprint density at radius 3 is 3.08 bits per heavy atom. The van der Waals surface area contributed by atoms with Gasteiger partial charge in [-0.25, -0.2) is 4.98 Å². The molecule has 2 aromatic heterocycles. The lowest BCUT2D eigenvalue weighted by atomic mass is 10.2. The summed E-state index contributed by atoms with van der Waals surface area (Å²) in [6.07, 6.45) is 1.65. The van der Waals surface area contributed by atoms with Crippen molar-refractivity contribution in [3.05, 3.63) is 28.2 Å². The van der Waals surface area contributed by atoms with Crippen molar-refractivity contribution >= 4 is 17.0 Å². The van der Waals surface area contributed by atoms with E-state index in [-0.39, 0.29) is 11.5 Å². The maximum Gasteiger partial charge on any atom is 0.261 e. The summed E-state index contributed by atoms with van der Waals surface area (Å²) in [5.74, 6) is 0.0915. The van der Waals surface area contributed by atoms with Crippen molar-refractivity contribution in [1.29, 1.82) is 0 Å². The number of nitrogen functional groups attached to an aromatic ring is 1. The number of hydrogen-bond acceptors (Lipinski definition) is 4. The minimum Gasteiger partial charge on any atom is -0.369 e. The lowest BCUT2D eigenvalue weighted by molar-refractivity contribution is 1.15. The molecule has 5 nitrogen and oxygen atoms in total. The van der Waals surface area contributed by atoms with Crippen LogP contribution in [0.1, 0.15) is 5.56 Å². The lowest BCUT2D eigenvalue weighted by Gasteiger charge is -1.97. The maximum atomic E-state index is 11.3. The Morgan fingerprint density at radius 2 is 2.31 bits per heavy atom. The molecule has 0 aliphatic heterocycles. The highest BCUT2D eigenvalue weighted by atomic mass is 16.1. The molecule has 0 aliphatic rings. The Hall–Kier alpha value is -1.91. The predicted molar refractivity (Wildman–Crippen MR) is 49.3 cm³/mol. The number of rotatable bonds is 0. The molecule has 3 N–H and O–H groups in total. The Labute approximate surface area is 73.6 Å². The first-order valence-corrected chi connectivity index (χ1v) is 3.79. The number of nitrogens with zero attached hydrogens (tertiary/aromatic N) is 2. The van der Waals surface area contributed by atoms with Crippen LogP contribution in [0.3, 0.4) is 0 Å². The molecular formula is C8H8N4O. The highest BCUT2D eigenvalue weighted by Crippen LogP contribution is 2.05. The lowest BCUT2D eigenvalue weighted by Crippen LogP contribution is -2.11. The van der Waals surface area contributed by atoms with Crippen LogP contribution >= 0.6 is 0 Å². The summed E-state index contributed by atoms with van der Waals surface area (Å²) in [4.78, 5) is 21.6. The minimum atomic E-state index is -0.251. The second-order valence-electron chi connectivity index (χ2n) is 2.84. The molecule has 2 heterocycles. The molecule has 5 heteroatoms. The molecule has 0 radical (unpaired) electrons. The van der Waals surface area contributed by atoms with E-state index in [1.165, 1.54) is 0 Å². The molecule has 0 aromatic carbocycles. The third kappa shape index (κ3) is 1.24. The van der Waals surface area contributed by atoms with E-state index in [0.29, 0.717) is 11.0 Å². The van der Waals surface area contributed by atoms with Gasteiger partial charge in [0.2, 0.25) is 5.95 Å². The number of anilines is 1. The van der Waals surface area contributed by atoms with Crippen LogP contribution in [0.2, 0.25) is 0 Å². The Balaban J connectivity index is 2.95. The van der Waals surface area contributed by atoms with Crippen LogP contribution in [0.4, 0.5) is 5.95 Å². The van der Waals surface area contributed by atoms with E-state index in [9.17, 15) is 4.79 Å². The van der Waals surface area contributed by atoms with E-state index in [0.717, 1.165) is 5.56 Å². The number of nitrogens with two attached hydrogens (primary N) is 1. The monoisotopic (exact) mass is 176 g/mol. The first-order valence-electron chi connectivity index (χ1n) is 3.79. The van der Waals surface area contributed by atoms with Crippen molar-refractivity contribution in [3.63, 3.8) is 0 Å². The Bertz CT molecular complexity index is 517. The average molecular weight is 176 g/mol. The zero-order chi connectivity index (χ0) is 9.42. The van der Waals surface area contributed by atoms with Gasteiger partial charge < -0.3 is 5.73 Å². The molecule has 0 atom stereocenters. The summed E-state index contributed by atoms with van der Waals surface area (Å²) < 4.78 is 0. The molecule has 0 saturated heterocycles. The molecule has 66 valence electrons. The summed E-state index contributed by atoms with van der Waals surface area (Å²) in [5, 5.41) is 0.467. The summed E-state index contributed by atoms with van der Waals surface area (Å²) in [7, 11) is 0. The quantitative estimate of drug-likeness (QED) is 0.600. The normalized spacial score (nSPS) is 10.5. The number of aryl methyl sites for hydroxylation is 1. The molecule has 2 aromatic rings. The van der Waals surface area contributed by atoms with Gasteiger partial charge in [-0.1, -0.05) is 0 Å². The second kappa shape index (κ2) is 2.55. The topological polar surface area (TPSA) is 84.7 Å². The zero-order valence-electron chi connectivity index (χ0n) is 7.03. The van der Waals surface area contributed by atoms with E-state index in [1.54, 1.807) is 12.3 Å². The number of H-pyrrole nitrogens is 1. The highest BCUT2D eigenvalue weighted by Gasteiger charge is 2.02. The molecule has 0 aliphatic carbocycles. The molecule has 0 amide bonds. The zero-order valence-corrected chi connectivity index (χ0v) is 7.03. The third-order valence-corrected chi connectivity index (χ3v) is 1.72. The van der Waals surface area contributed by atoms with Gasteiger partial charge in [-0.2, -0.15) is 4.98 Å². The van der Waals surface area contributed by atoms with Crippen LogP contribution in [0, 0.1) is 6.92 Å². The molecule has 0 spiro atoms. The second-order valence-corrected chi connectivity index (χ2v) is 2.84. The number of nitrogens with one attached hydrogen (secondary N) is 1. The summed E-state index contributed by atoms with van der Waals surface area (Å²) in [5.41, 5.74) is 6.41. The maximum absolute atomic E-state index is 11.3. The van der Waals surface area contributed by atoms with Gasteiger partial charge in [0.1, 0.15) is 0 Å². The smallest absolute Gasteiger partial charge is 0.261 e. The van der Waals surface area contributed by atoms with Crippen molar-refractivity contribution in [2.24, 2.45) is 0 Å². The molecular weight excluding hydrogens is 168 g/mol. The number of aromatic amines is 1. The fourth-order valence-corrected chi connectivity index (χ4v) is 1.14. The van der Waals surface area contributed by atoms with Gasteiger partial charge in [0.25, 0.3) is 5.56 Å². The van der Waals surface area contributed by atoms with Crippen LogP contribution in [0.25, 0.3) is 11.0 Å². The number of fused-ring (bicyclic) bond motifs is 1. The van der Waals surface area contributed by atoms with Crippen molar-refractivity contribution in [1.82, 2.24) is 15.0 Å². The van der Waals surface area contributed by atoms with Crippen LogP contribution in [-0.2, 0) is 0 Å². The first kappa shape index (κ1) is 7.72. The van der Waals surface area contributed by atoms with Crippen LogP contribution in [0.5, 0.6) is 0 Å². The highest BCUT2D eigenvalue weighted by molar-refractivity contribution is 5.74. The van der Waals surface area contributed by atoms with Gasteiger partial charge >= 0.3 is 0 Å². The van der Waals surface area contributed by atoms with Crippen molar-refractivity contribution < 1.29 is 0 Å². The third-order valence-electron chi connectivity index (χ3n) is 1.72. The van der Waals surface area contributed by atoms with Gasteiger partial charge in [0, 0.05) is 6.20 Å². The number of aromatic nitrogens is 3. The van der Waals surface area contributed by atoms with E-state index in [2.05, 4.69) is 15.0 Å². The van der Waals surface area contributed by atoms with Crippen LogP contribution in [0.15, 0.2) is 17.1 Å². The number of hydrogen-bond donors (Lipinski definition) is 2. The first-order chi connectivity index (χ1) is 6.16. The fraction of sp³-hybridized carbons (Fsp3) is 0.125. The standard InChI is InChI=1S/C8H8N4O/c1-4-2-5-6(10-3-4)11-8(9)12-7(5)13/h2-3H,1H3,(H3,9,10,11,12,13). The van der Waals surface area contributed by atoms with E-state index in [4.69, 9.17) is 5.73 Å². The van der Waals surface area contributed by atoms with Crippen molar-refractivity contribution in [2.75, 3.05) is 5.73 Å². The SMILES string of the molecule is Cc1cnc2nc(N)[nH]c(=O)c2c1. The number of pyridine rings is 1. The molecule has 0 fully saturated rings. The molecule has 0 bridgehead atoms. The molecule has 0 saturated carbocycles. The van der Waals surface area contributed by atoms with Crippen LogP contribution in [-0.4, -0.2) is 15.0 Å². The fourth-order valence-electron chi connectivity index (χ4n) is 1.14. The minimum absolute atomic E-state index is 0.0915. The van der Waals surface area contributed by atoms with Crippen molar-refractivity contribution in [2.45, 2.75) is 6.92 Å². The summed E-state index contributed by atoms with van der Waals surface area (Å²) in [6, 6.07) is 1.73. The van der Waals surface area contributed by atoms with Gasteiger partial charge in [-0.15, -0.1) is 0 Å². The van der Waals surface area contributed by atoms with E-state index in [1.807, 2.05) is 6.92 Å². The summed E-state index contributed by atoms with van der Waals surface area (Å²) in [6.45, 7) is 1.86.